The molecule has 1 saturated carbocycles. The average Bonchev–Trinajstić information content (AvgIpc) is 2.60. The summed E-state index contributed by atoms with van der Waals surface area (Å²) in [6, 6.07) is 0. The molecule has 0 saturated heterocycles. The van der Waals surface area contributed by atoms with Gasteiger partial charge in [0, 0.05) is 0 Å². The minimum absolute atomic E-state index is 0.457. The van der Waals surface area contributed by atoms with Gasteiger partial charge in [0.1, 0.15) is 0 Å². The predicted octanol–water partition coefficient (Wildman–Crippen LogP) is 4.02. The molecule has 0 unspecified atom stereocenters. The summed E-state index contributed by atoms with van der Waals surface area (Å²) in [4.78, 5) is 0. The largest absolute Gasteiger partial charge is 0.0854 e. The smallest absolute Gasteiger partial charge is 0.00690 e. The van der Waals surface area contributed by atoms with Gasteiger partial charge in [0.05, 0.1) is 0 Å². The van der Waals surface area contributed by atoms with Crippen molar-refractivity contribution in [3.8, 4) is 0 Å². The highest BCUT2D eigenvalue weighted by molar-refractivity contribution is 5.15. The molecule has 0 bridgehead atoms. The Labute approximate surface area is 77.1 Å². The number of rotatable bonds is 2. The van der Waals surface area contributed by atoms with Gasteiger partial charge in [0.25, 0.3) is 0 Å². The SMILES string of the molecule is CC(C)C=CC1(C(C)(C)C)CC1. The van der Waals surface area contributed by atoms with Gasteiger partial charge in [0.15, 0.2) is 0 Å². The first-order valence-electron chi connectivity index (χ1n) is 5.07. The molecule has 0 aromatic carbocycles. The Balaban J connectivity index is 2.62. The van der Waals surface area contributed by atoms with E-state index < -0.39 is 0 Å². The molecule has 0 heteroatoms. The van der Waals surface area contributed by atoms with E-state index >= 15 is 0 Å². The Bertz CT molecular complexity index is 175. The van der Waals surface area contributed by atoms with Crippen LogP contribution >= 0.6 is 0 Å². The average molecular weight is 166 g/mol. The lowest BCUT2D eigenvalue weighted by Crippen LogP contribution is -2.19. The summed E-state index contributed by atoms with van der Waals surface area (Å²) in [5, 5.41) is 0. The van der Waals surface area contributed by atoms with Crippen LogP contribution in [-0.2, 0) is 0 Å². The second kappa shape index (κ2) is 2.90. The van der Waals surface area contributed by atoms with Crippen LogP contribution in [0.15, 0.2) is 12.2 Å². The van der Waals surface area contributed by atoms with Crippen molar-refractivity contribution in [1.29, 1.82) is 0 Å². The lowest BCUT2D eigenvalue weighted by atomic mass is 9.77. The molecule has 0 aromatic heterocycles. The van der Waals surface area contributed by atoms with Crippen LogP contribution in [0.2, 0.25) is 0 Å². The highest BCUT2D eigenvalue weighted by Gasteiger charge is 2.49. The normalized spacial score (nSPS) is 22.2. The molecule has 0 aromatic rings. The first-order chi connectivity index (χ1) is 5.37. The molecular formula is C12H22. The third-order valence-corrected chi connectivity index (χ3v) is 3.08. The molecule has 0 amide bonds. The fourth-order valence-electron chi connectivity index (χ4n) is 1.68. The molecule has 0 nitrogen and oxygen atoms in total. The van der Waals surface area contributed by atoms with Crippen LogP contribution in [0.3, 0.4) is 0 Å². The summed E-state index contributed by atoms with van der Waals surface area (Å²) in [6.07, 6.45) is 7.59. The molecule has 1 aliphatic rings. The van der Waals surface area contributed by atoms with E-state index in [4.69, 9.17) is 0 Å². The molecular weight excluding hydrogens is 144 g/mol. The summed E-state index contributed by atoms with van der Waals surface area (Å²) < 4.78 is 0. The number of allylic oxidation sites excluding steroid dienone is 2. The molecule has 1 rings (SSSR count). The van der Waals surface area contributed by atoms with E-state index in [0.29, 0.717) is 16.7 Å². The Hall–Kier alpha value is -0.260. The zero-order valence-electron chi connectivity index (χ0n) is 9.15. The number of hydrogen-bond donors (Lipinski definition) is 0. The lowest BCUT2D eigenvalue weighted by molar-refractivity contribution is 0.270. The van der Waals surface area contributed by atoms with E-state index in [1.54, 1.807) is 0 Å². The summed E-state index contributed by atoms with van der Waals surface area (Å²) in [5.74, 6) is 0.699. The summed E-state index contributed by atoms with van der Waals surface area (Å²) in [5.41, 5.74) is 0.996. The Kier molecular flexibility index (Phi) is 2.38. The highest BCUT2D eigenvalue weighted by atomic mass is 14.5. The molecule has 0 N–H and O–H groups in total. The van der Waals surface area contributed by atoms with Gasteiger partial charge >= 0.3 is 0 Å². The van der Waals surface area contributed by atoms with Gasteiger partial charge in [-0.2, -0.15) is 0 Å². The van der Waals surface area contributed by atoms with Crippen molar-refractivity contribution in [2.45, 2.75) is 47.5 Å². The lowest BCUT2D eigenvalue weighted by Gasteiger charge is -2.28. The minimum Gasteiger partial charge on any atom is -0.0854 e. The number of hydrogen-bond acceptors (Lipinski definition) is 0. The van der Waals surface area contributed by atoms with Crippen LogP contribution in [0.5, 0.6) is 0 Å². The fraction of sp³-hybridized carbons (Fsp3) is 0.833. The Morgan fingerprint density at radius 1 is 1.17 bits per heavy atom. The zero-order valence-corrected chi connectivity index (χ0v) is 9.15. The van der Waals surface area contributed by atoms with Crippen LogP contribution in [0, 0.1) is 16.7 Å². The topological polar surface area (TPSA) is 0 Å². The molecule has 0 heterocycles. The van der Waals surface area contributed by atoms with Gasteiger partial charge in [-0.3, -0.25) is 0 Å². The van der Waals surface area contributed by atoms with Crippen molar-refractivity contribution >= 4 is 0 Å². The molecule has 12 heavy (non-hydrogen) atoms. The monoisotopic (exact) mass is 166 g/mol. The Morgan fingerprint density at radius 3 is 1.92 bits per heavy atom. The van der Waals surface area contributed by atoms with E-state index in [1.165, 1.54) is 12.8 Å². The van der Waals surface area contributed by atoms with Gasteiger partial charge in [-0.25, -0.2) is 0 Å². The zero-order chi connectivity index (χ0) is 9.41. The second-order valence-corrected chi connectivity index (χ2v) is 5.51. The third-order valence-electron chi connectivity index (χ3n) is 3.08. The van der Waals surface area contributed by atoms with E-state index in [1.807, 2.05) is 0 Å². The molecule has 0 radical (unpaired) electrons. The molecule has 0 aliphatic heterocycles. The maximum absolute atomic E-state index is 2.46. The van der Waals surface area contributed by atoms with Crippen LogP contribution in [0.4, 0.5) is 0 Å². The van der Waals surface area contributed by atoms with Crippen molar-refractivity contribution in [2.75, 3.05) is 0 Å². The van der Waals surface area contributed by atoms with Gasteiger partial charge in [-0.05, 0) is 29.6 Å². The summed E-state index contributed by atoms with van der Waals surface area (Å²) in [6.45, 7) is 11.5. The summed E-state index contributed by atoms with van der Waals surface area (Å²) >= 11 is 0. The quantitative estimate of drug-likeness (QED) is 0.543. The van der Waals surface area contributed by atoms with E-state index in [9.17, 15) is 0 Å². The molecule has 0 spiro atoms. The van der Waals surface area contributed by atoms with Crippen molar-refractivity contribution in [3.63, 3.8) is 0 Å². The second-order valence-electron chi connectivity index (χ2n) is 5.51. The highest BCUT2D eigenvalue weighted by Crippen LogP contribution is 2.59. The summed E-state index contributed by atoms with van der Waals surface area (Å²) in [7, 11) is 0. The van der Waals surface area contributed by atoms with Crippen LogP contribution < -0.4 is 0 Å². The van der Waals surface area contributed by atoms with Crippen LogP contribution in [0.1, 0.15) is 47.5 Å². The van der Waals surface area contributed by atoms with Crippen LogP contribution in [-0.4, -0.2) is 0 Å². The van der Waals surface area contributed by atoms with E-state index in [2.05, 4.69) is 46.8 Å². The minimum atomic E-state index is 0.457. The van der Waals surface area contributed by atoms with Crippen molar-refractivity contribution < 1.29 is 0 Å². The van der Waals surface area contributed by atoms with Crippen LogP contribution in [0.25, 0.3) is 0 Å². The van der Waals surface area contributed by atoms with Gasteiger partial charge in [-0.15, -0.1) is 0 Å². The standard InChI is InChI=1S/C12H22/c1-10(2)6-7-12(8-9-12)11(3,4)5/h6-7,10H,8-9H2,1-5H3. The van der Waals surface area contributed by atoms with E-state index in [-0.39, 0.29) is 0 Å². The van der Waals surface area contributed by atoms with Crippen molar-refractivity contribution in [3.05, 3.63) is 12.2 Å². The maximum Gasteiger partial charge on any atom is -0.00690 e. The van der Waals surface area contributed by atoms with Crippen molar-refractivity contribution in [2.24, 2.45) is 16.7 Å². The van der Waals surface area contributed by atoms with Gasteiger partial charge in [0.2, 0.25) is 0 Å². The maximum atomic E-state index is 2.46. The molecule has 70 valence electrons. The molecule has 0 atom stereocenters. The predicted molar refractivity (Wildman–Crippen MR) is 55.1 cm³/mol. The first-order valence-corrected chi connectivity index (χ1v) is 5.07. The van der Waals surface area contributed by atoms with Crippen molar-refractivity contribution in [1.82, 2.24) is 0 Å². The fourth-order valence-corrected chi connectivity index (χ4v) is 1.68. The Morgan fingerprint density at radius 2 is 1.67 bits per heavy atom. The third kappa shape index (κ3) is 1.91. The van der Waals surface area contributed by atoms with Gasteiger partial charge in [-0.1, -0.05) is 46.8 Å². The van der Waals surface area contributed by atoms with E-state index in [0.717, 1.165) is 0 Å². The first kappa shape index (κ1) is 9.83. The molecule has 1 aliphatic carbocycles. The van der Waals surface area contributed by atoms with Gasteiger partial charge < -0.3 is 0 Å². The molecule has 1 fully saturated rings.